The third kappa shape index (κ3) is 1.67. The van der Waals surface area contributed by atoms with Crippen molar-refractivity contribution < 1.29 is 9.47 Å². The van der Waals surface area contributed by atoms with Gasteiger partial charge in [0, 0.05) is 12.3 Å². The topological polar surface area (TPSA) is 18.5 Å². The van der Waals surface area contributed by atoms with Crippen LogP contribution in [0, 0.1) is 5.92 Å². The van der Waals surface area contributed by atoms with Crippen LogP contribution in [0.2, 0.25) is 0 Å². The Bertz CT molecular complexity index is 161. The molecule has 0 N–H and O–H groups in total. The van der Waals surface area contributed by atoms with Gasteiger partial charge in [0.2, 0.25) is 0 Å². The fourth-order valence-electron chi connectivity index (χ4n) is 1.62. The summed E-state index contributed by atoms with van der Waals surface area (Å²) in [7, 11) is 3.43. The predicted molar refractivity (Wildman–Crippen MR) is 44.1 cm³/mol. The lowest BCUT2D eigenvalue weighted by atomic mass is 9.94. The van der Waals surface area contributed by atoms with E-state index in [0.717, 1.165) is 17.9 Å². The van der Waals surface area contributed by atoms with Crippen molar-refractivity contribution in [3.8, 4) is 0 Å². The molecule has 0 fully saturated rings. The number of hydrogen-bond donors (Lipinski definition) is 0. The second-order valence-corrected chi connectivity index (χ2v) is 2.99. The number of rotatable bonds is 2. The van der Waals surface area contributed by atoms with Gasteiger partial charge >= 0.3 is 0 Å². The van der Waals surface area contributed by atoms with Crippen molar-refractivity contribution in [3.63, 3.8) is 0 Å². The Balaban J connectivity index is 2.77. The largest absolute Gasteiger partial charge is 0.498 e. The molecule has 0 aliphatic heterocycles. The molecule has 1 aliphatic rings. The smallest absolute Gasteiger partial charge is 0.136 e. The maximum absolute atomic E-state index is 5.26. The molecule has 0 radical (unpaired) electrons. The summed E-state index contributed by atoms with van der Waals surface area (Å²) in [6, 6.07) is 0. The summed E-state index contributed by atoms with van der Waals surface area (Å²) in [5.74, 6) is 2.61. The highest BCUT2D eigenvalue weighted by Crippen LogP contribution is 2.30. The van der Waals surface area contributed by atoms with Gasteiger partial charge in [0.1, 0.15) is 11.5 Å². The van der Waals surface area contributed by atoms with E-state index in [2.05, 4.69) is 6.92 Å². The molecule has 1 atom stereocenters. The van der Waals surface area contributed by atoms with E-state index in [4.69, 9.17) is 9.47 Å². The van der Waals surface area contributed by atoms with Crippen LogP contribution < -0.4 is 0 Å². The van der Waals surface area contributed by atoms with Crippen molar-refractivity contribution in [2.24, 2.45) is 5.92 Å². The molecule has 0 amide bonds. The summed E-state index contributed by atoms with van der Waals surface area (Å²) in [5, 5.41) is 0. The lowest BCUT2D eigenvalue weighted by Gasteiger charge is -2.23. The monoisotopic (exact) mass is 156 g/mol. The summed E-state index contributed by atoms with van der Waals surface area (Å²) in [5.41, 5.74) is 0. The molecule has 0 saturated carbocycles. The van der Waals surface area contributed by atoms with Gasteiger partial charge in [-0.3, -0.25) is 0 Å². The first-order valence-electron chi connectivity index (χ1n) is 4.10. The standard InChI is InChI=1S/C9H16O2/c1-7-5-4-6-8(10-2)9(7)11-3/h7H,4-6H2,1-3H3. The highest BCUT2D eigenvalue weighted by molar-refractivity contribution is 5.08. The molecule has 2 heteroatoms. The van der Waals surface area contributed by atoms with Gasteiger partial charge in [-0.05, 0) is 12.8 Å². The molecule has 0 aromatic carbocycles. The van der Waals surface area contributed by atoms with Gasteiger partial charge in [-0.15, -0.1) is 0 Å². The van der Waals surface area contributed by atoms with Crippen molar-refractivity contribution in [1.82, 2.24) is 0 Å². The van der Waals surface area contributed by atoms with E-state index < -0.39 is 0 Å². The molecule has 0 aromatic heterocycles. The second kappa shape index (κ2) is 3.65. The molecule has 1 aliphatic carbocycles. The molecule has 1 unspecified atom stereocenters. The Morgan fingerprint density at radius 3 is 2.45 bits per heavy atom. The molecule has 0 bridgehead atoms. The van der Waals surface area contributed by atoms with Gasteiger partial charge in [-0.1, -0.05) is 6.92 Å². The lowest BCUT2D eigenvalue weighted by Crippen LogP contribution is -2.11. The fraction of sp³-hybridized carbons (Fsp3) is 0.778. The van der Waals surface area contributed by atoms with Crippen molar-refractivity contribution in [2.75, 3.05) is 14.2 Å². The van der Waals surface area contributed by atoms with Crippen LogP contribution in [0.3, 0.4) is 0 Å². The summed E-state index contributed by atoms with van der Waals surface area (Å²) in [6.07, 6.45) is 3.47. The van der Waals surface area contributed by atoms with Crippen LogP contribution in [0.15, 0.2) is 11.5 Å². The predicted octanol–water partition coefficient (Wildman–Crippen LogP) is 2.31. The highest BCUT2D eigenvalue weighted by Gasteiger charge is 2.20. The Morgan fingerprint density at radius 2 is 2.00 bits per heavy atom. The van der Waals surface area contributed by atoms with Crippen molar-refractivity contribution >= 4 is 0 Å². The zero-order chi connectivity index (χ0) is 8.27. The van der Waals surface area contributed by atoms with Crippen LogP contribution in [0.1, 0.15) is 26.2 Å². The minimum atomic E-state index is 0.531. The van der Waals surface area contributed by atoms with Gasteiger partial charge in [-0.25, -0.2) is 0 Å². The van der Waals surface area contributed by atoms with E-state index in [9.17, 15) is 0 Å². The third-order valence-corrected chi connectivity index (χ3v) is 2.23. The molecule has 11 heavy (non-hydrogen) atoms. The normalized spacial score (nSPS) is 25.2. The minimum Gasteiger partial charge on any atom is -0.498 e. The summed E-state index contributed by atoms with van der Waals surface area (Å²) >= 11 is 0. The first-order valence-corrected chi connectivity index (χ1v) is 4.10. The Morgan fingerprint density at radius 1 is 1.27 bits per heavy atom. The van der Waals surface area contributed by atoms with E-state index in [1.807, 2.05) is 0 Å². The molecule has 0 heterocycles. The van der Waals surface area contributed by atoms with Crippen molar-refractivity contribution in [2.45, 2.75) is 26.2 Å². The molecular formula is C9H16O2. The minimum absolute atomic E-state index is 0.531. The first-order chi connectivity index (χ1) is 5.29. The van der Waals surface area contributed by atoms with E-state index in [0.29, 0.717) is 5.92 Å². The molecule has 0 saturated heterocycles. The summed E-state index contributed by atoms with van der Waals surface area (Å²) < 4.78 is 10.5. The quantitative estimate of drug-likeness (QED) is 0.610. The Labute approximate surface area is 68.2 Å². The van der Waals surface area contributed by atoms with E-state index in [1.54, 1.807) is 14.2 Å². The number of methoxy groups -OCH3 is 2. The molecule has 1 rings (SSSR count). The number of hydrogen-bond acceptors (Lipinski definition) is 2. The maximum Gasteiger partial charge on any atom is 0.136 e. The molecular weight excluding hydrogens is 140 g/mol. The van der Waals surface area contributed by atoms with Crippen LogP contribution >= 0.6 is 0 Å². The van der Waals surface area contributed by atoms with E-state index in [-0.39, 0.29) is 0 Å². The lowest BCUT2D eigenvalue weighted by molar-refractivity contribution is 0.165. The Kier molecular flexibility index (Phi) is 2.80. The number of allylic oxidation sites excluding steroid dienone is 2. The van der Waals surface area contributed by atoms with Gasteiger partial charge in [-0.2, -0.15) is 0 Å². The summed E-state index contributed by atoms with van der Waals surface area (Å²) in [6.45, 7) is 2.18. The fourth-order valence-corrected chi connectivity index (χ4v) is 1.62. The maximum atomic E-state index is 5.26. The molecule has 0 spiro atoms. The van der Waals surface area contributed by atoms with E-state index in [1.165, 1.54) is 12.8 Å². The molecule has 0 aromatic rings. The van der Waals surface area contributed by atoms with Crippen molar-refractivity contribution in [1.29, 1.82) is 0 Å². The zero-order valence-electron chi connectivity index (χ0n) is 7.52. The van der Waals surface area contributed by atoms with E-state index >= 15 is 0 Å². The van der Waals surface area contributed by atoms with Gasteiger partial charge in [0.15, 0.2) is 0 Å². The van der Waals surface area contributed by atoms with Crippen LogP contribution in [-0.2, 0) is 9.47 Å². The zero-order valence-corrected chi connectivity index (χ0v) is 7.52. The average molecular weight is 156 g/mol. The van der Waals surface area contributed by atoms with Crippen LogP contribution in [0.4, 0.5) is 0 Å². The summed E-state index contributed by atoms with van der Waals surface area (Å²) in [4.78, 5) is 0. The second-order valence-electron chi connectivity index (χ2n) is 2.99. The molecule has 64 valence electrons. The highest BCUT2D eigenvalue weighted by atomic mass is 16.5. The SMILES string of the molecule is COC1=C(OC)C(C)CCC1. The van der Waals surface area contributed by atoms with Crippen molar-refractivity contribution in [3.05, 3.63) is 11.5 Å². The number of ether oxygens (including phenoxy) is 2. The third-order valence-electron chi connectivity index (χ3n) is 2.23. The van der Waals surface area contributed by atoms with Gasteiger partial charge in [0.25, 0.3) is 0 Å². The average Bonchev–Trinajstić information content (AvgIpc) is 2.04. The first kappa shape index (κ1) is 8.44. The Hall–Kier alpha value is -0.660. The van der Waals surface area contributed by atoms with Crippen LogP contribution in [0.25, 0.3) is 0 Å². The van der Waals surface area contributed by atoms with Gasteiger partial charge < -0.3 is 9.47 Å². The van der Waals surface area contributed by atoms with Gasteiger partial charge in [0.05, 0.1) is 14.2 Å². The molecule has 2 nitrogen and oxygen atoms in total. The van der Waals surface area contributed by atoms with Crippen LogP contribution in [0.5, 0.6) is 0 Å². The van der Waals surface area contributed by atoms with Crippen LogP contribution in [-0.4, -0.2) is 14.2 Å².